The zero-order chi connectivity index (χ0) is 20.7. The number of thiocarbonyl (C=S) groups is 1. The van der Waals surface area contributed by atoms with Crippen LogP contribution in [0.4, 0.5) is 18.9 Å². The number of hydrogen-bond acceptors (Lipinski definition) is 5. The lowest BCUT2D eigenvalue weighted by molar-refractivity contribution is -0.274. The molecule has 156 valence electrons. The first kappa shape index (κ1) is 22.2. The van der Waals surface area contributed by atoms with Crippen molar-refractivity contribution in [1.29, 1.82) is 0 Å². The minimum atomic E-state index is -4.74. The SMILES string of the molecule is C[C@@H]1CN(CCC(=O)NNC(=S)Nc2ccc(OC(F)(F)F)cc2)C[C@@H](C)O1. The van der Waals surface area contributed by atoms with E-state index in [0.29, 0.717) is 18.7 Å². The summed E-state index contributed by atoms with van der Waals surface area (Å²) in [5.74, 6) is -0.568. The largest absolute Gasteiger partial charge is 0.573 e. The monoisotopic (exact) mass is 420 g/mol. The number of hydrogen-bond donors (Lipinski definition) is 3. The molecule has 2 rings (SSSR count). The van der Waals surface area contributed by atoms with Gasteiger partial charge in [0.1, 0.15) is 5.75 Å². The number of rotatable bonds is 5. The molecule has 1 aromatic rings. The lowest BCUT2D eigenvalue weighted by atomic mass is 10.2. The summed E-state index contributed by atoms with van der Waals surface area (Å²) in [5, 5.41) is 2.85. The average Bonchev–Trinajstić information content (AvgIpc) is 2.58. The zero-order valence-electron chi connectivity index (χ0n) is 15.5. The Kier molecular flexibility index (Phi) is 7.84. The van der Waals surface area contributed by atoms with Gasteiger partial charge in [0.2, 0.25) is 5.91 Å². The summed E-state index contributed by atoms with van der Waals surface area (Å²) in [6.07, 6.45) is -4.18. The van der Waals surface area contributed by atoms with Crippen molar-refractivity contribution in [3.8, 4) is 5.75 Å². The number of ether oxygens (including phenoxy) is 2. The van der Waals surface area contributed by atoms with E-state index in [1.165, 1.54) is 12.1 Å². The topological polar surface area (TPSA) is 74.9 Å². The Morgan fingerprint density at radius 2 is 1.82 bits per heavy atom. The average molecular weight is 420 g/mol. The highest BCUT2D eigenvalue weighted by atomic mass is 32.1. The first-order chi connectivity index (χ1) is 13.1. The summed E-state index contributed by atoms with van der Waals surface area (Å²) in [4.78, 5) is 14.1. The van der Waals surface area contributed by atoms with Crippen LogP contribution in [0.1, 0.15) is 20.3 Å². The molecule has 0 saturated carbocycles. The molecule has 0 aliphatic carbocycles. The fourth-order valence-corrected chi connectivity index (χ4v) is 2.99. The third-order valence-electron chi connectivity index (χ3n) is 3.81. The van der Waals surface area contributed by atoms with Crippen molar-refractivity contribution in [3.05, 3.63) is 24.3 Å². The van der Waals surface area contributed by atoms with Gasteiger partial charge in [0.15, 0.2) is 5.11 Å². The summed E-state index contributed by atoms with van der Waals surface area (Å²) in [6.45, 7) is 6.15. The summed E-state index contributed by atoms with van der Waals surface area (Å²) < 4.78 is 45.8. The van der Waals surface area contributed by atoms with E-state index >= 15 is 0 Å². The standard InChI is InChI=1S/C17H23F3N4O3S/c1-11-9-24(10-12(2)26-11)8-7-15(25)22-23-16(28)21-13-3-5-14(6-4-13)27-17(18,19)20/h3-6,11-12H,7-10H2,1-2H3,(H,22,25)(H2,21,23,28)/t11-,12-/m1/s1. The van der Waals surface area contributed by atoms with Gasteiger partial charge in [0.05, 0.1) is 12.2 Å². The lowest BCUT2D eigenvalue weighted by Crippen LogP contribution is -2.48. The van der Waals surface area contributed by atoms with Crippen molar-refractivity contribution < 1.29 is 27.4 Å². The molecule has 1 aromatic carbocycles. The van der Waals surface area contributed by atoms with Crippen molar-refractivity contribution in [2.45, 2.75) is 38.8 Å². The molecule has 0 radical (unpaired) electrons. The van der Waals surface area contributed by atoms with Crippen LogP contribution in [0.2, 0.25) is 0 Å². The molecule has 28 heavy (non-hydrogen) atoms. The number of morpholine rings is 1. The van der Waals surface area contributed by atoms with Crippen LogP contribution in [0.3, 0.4) is 0 Å². The minimum Gasteiger partial charge on any atom is -0.406 e. The van der Waals surface area contributed by atoms with E-state index < -0.39 is 6.36 Å². The summed E-state index contributed by atoms with van der Waals surface area (Å²) in [6, 6.07) is 5.05. The fourth-order valence-electron chi connectivity index (χ4n) is 2.82. The summed E-state index contributed by atoms with van der Waals surface area (Å²) in [7, 11) is 0. The van der Waals surface area contributed by atoms with Gasteiger partial charge in [-0.1, -0.05) is 0 Å². The van der Waals surface area contributed by atoms with E-state index in [0.717, 1.165) is 25.2 Å². The van der Waals surface area contributed by atoms with Crippen LogP contribution in [-0.4, -0.2) is 54.1 Å². The third kappa shape index (κ3) is 8.28. The molecule has 1 aliphatic heterocycles. The van der Waals surface area contributed by atoms with Crippen LogP contribution in [0.25, 0.3) is 0 Å². The van der Waals surface area contributed by atoms with Gasteiger partial charge in [-0.05, 0) is 50.3 Å². The molecule has 0 spiro atoms. The van der Waals surface area contributed by atoms with Gasteiger partial charge in [-0.2, -0.15) is 0 Å². The predicted octanol–water partition coefficient (Wildman–Crippen LogP) is 2.40. The molecule has 2 atom stereocenters. The second-order valence-corrected chi connectivity index (χ2v) is 6.87. The number of carbonyl (C=O) groups is 1. The number of anilines is 1. The van der Waals surface area contributed by atoms with E-state index in [-0.39, 0.29) is 29.0 Å². The highest BCUT2D eigenvalue weighted by Gasteiger charge is 2.31. The lowest BCUT2D eigenvalue weighted by Gasteiger charge is -2.35. The number of hydrazine groups is 1. The molecule has 1 aliphatic rings. The molecular formula is C17H23F3N4O3S. The number of alkyl halides is 3. The molecule has 7 nitrogen and oxygen atoms in total. The van der Waals surface area contributed by atoms with Crippen molar-refractivity contribution in [1.82, 2.24) is 15.8 Å². The van der Waals surface area contributed by atoms with Gasteiger partial charge in [-0.25, -0.2) is 0 Å². The number of carbonyl (C=O) groups excluding carboxylic acids is 1. The molecule has 1 heterocycles. The van der Waals surface area contributed by atoms with Gasteiger partial charge in [0, 0.05) is 31.7 Å². The molecule has 0 bridgehead atoms. The number of halogens is 3. The number of nitrogens with zero attached hydrogens (tertiary/aromatic N) is 1. The van der Waals surface area contributed by atoms with E-state index in [4.69, 9.17) is 17.0 Å². The summed E-state index contributed by atoms with van der Waals surface area (Å²) in [5.41, 5.74) is 5.48. The molecule has 1 amide bonds. The van der Waals surface area contributed by atoms with Gasteiger partial charge < -0.3 is 14.8 Å². The van der Waals surface area contributed by atoms with E-state index in [1.807, 2.05) is 13.8 Å². The first-order valence-corrected chi connectivity index (χ1v) is 9.11. The number of amides is 1. The maximum Gasteiger partial charge on any atom is 0.573 e. The predicted molar refractivity (Wildman–Crippen MR) is 102 cm³/mol. The van der Waals surface area contributed by atoms with Gasteiger partial charge in [-0.15, -0.1) is 13.2 Å². The second-order valence-electron chi connectivity index (χ2n) is 6.47. The Morgan fingerprint density at radius 3 is 2.39 bits per heavy atom. The Balaban J connectivity index is 1.68. The molecule has 0 unspecified atom stereocenters. The molecule has 1 fully saturated rings. The second kappa shape index (κ2) is 9.89. The van der Waals surface area contributed by atoms with Crippen molar-refractivity contribution in [3.63, 3.8) is 0 Å². The van der Waals surface area contributed by atoms with Crippen LogP contribution in [0, 0.1) is 0 Å². The van der Waals surface area contributed by atoms with Crippen LogP contribution >= 0.6 is 12.2 Å². The van der Waals surface area contributed by atoms with Crippen LogP contribution in [0.5, 0.6) is 5.75 Å². The Labute approximate surface area is 166 Å². The minimum absolute atomic E-state index is 0.103. The maximum atomic E-state index is 12.1. The smallest absolute Gasteiger partial charge is 0.406 e. The van der Waals surface area contributed by atoms with Crippen LogP contribution in [0.15, 0.2) is 24.3 Å². The third-order valence-corrected chi connectivity index (χ3v) is 4.02. The molecule has 0 aromatic heterocycles. The Hall–Kier alpha value is -2.11. The van der Waals surface area contributed by atoms with Crippen molar-refractivity contribution in [2.75, 3.05) is 25.0 Å². The Morgan fingerprint density at radius 1 is 1.21 bits per heavy atom. The molecular weight excluding hydrogens is 397 g/mol. The van der Waals surface area contributed by atoms with E-state index in [2.05, 4.69) is 25.8 Å². The maximum absolute atomic E-state index is 12.1. The number of benzene rings is 1. The van der Waals surface area contributed by atoms with Crippen LogP contribution in [-0.2, 0) is 9.53 Å². The Bertz CT molecular complexity index is 663. The fraction of sp³-hybridized carbons (Fsp3) is 0.529. The summed E-state index contributed by atoms with van der Waals surface area (Å²) >= 11 is 5.04. The van der Waals surface area contributed by atoms with Gasteiger partial charge in [-0.3, -0.25) is 20.5 Å². The van der Waals surface area contributed by atoms with E-state index in [1.54, 1.807) is 0 Å². The first-order valence-electron chi connectivity index (χ1n) is 8.70. The zero-order valence-corrected chi connectivity index (χ0v) is 16.3. The normalized spacial score (nSPS) is 20.3. The molecule has 1 saturated heterocycles. The van der Waals surface area contributed by atoms with Crippen molar-refractivity contribution >= 4 is 28.9 Å². The van der Waals surface area contributed by atoms with Crippen molar-refractivity contribution in [2.24, 2.45) is 0 Å². The molecule has 11 heteroatoms. The van der Waals surface area contributed by atoms with Crippen LogP contribution < -0.4 is 20.9 Å². The van der Waals surface area contributed by atoms with E-state index in [9.17, 15) is 18.0 Å². The van der Waals surface area contributed by atoms with Gasteiger partial charge >= 0.3 is 6.36 Å². The molecule has 3 N–H and O–H groups in total. The highest BCUT2D eigenvalue weighted by Crippen LogP contribution is 2.23. The quantitative estimate of drug-likeness (QED) is 0.499. The van der Waals surface area contributed by atoms with Gasteiger partial charge in [0.25, 0.3) is 0 Å². The number of nitrogens with one attached hydrogen (secondary N) is 3. The highest BCUT2D eigenvalue weighted by molar-refractivity contribution is 7.80.